The average molecular weight is 347 g/mol. The minimum Gasteiger partial charge on any atom is -0.388 e. The van der Waals surface area contributed by atoms with Gasteiger partial charge in [-0.3, -0.25) is 0 Å². The van der Waals surface area contributed by atoms with Crippen molar-refractivity contribution in [1.82, 2.24) is 0 Å². The number of ether oxygens (including phenoxy) is 1. The molecule has 1 aliphatic rings. The molecule has 0 bridgehead atoms. The van der Waals surface area contributed by atoms with Gasteiger partial charge in [0.1, 0.15) is 0 Å². The first-order valence-corrected chi connectivity index (χ1v) is 8.08. The lowest BCUT2D eigenvalue weighted by Gasteiger charge is -2.28. The maximum Gasteiger partial charge on any atom is 0.0855 e. The molecule has 0 spiro atoms. The monoisotopic (exact) mass is 346 g/mol. The Hall–Kier alpha value is -1.16. The topological polar surface area (TPSA) is 29.5 Å². The van der Waals surface area contributed by atoms with Crippen LogP contribution in [0.1, 0.15) is 40.9 Å². The molecule has 0 radical (unpaired) electrons. The summed E-state index contributed by atoms with van der Waals surface area (Å²) in [6.45, 7) is 2.76. The van der Waals surface area contributed by atoms with Crippen LogP contribution >= 0.6 is 15.9 Å². The Morgan fingerprint density at radius 1 is 1.29 bits per heavy atom. The first-order valence-electron chi connectivity index (χ1n) is 7.28. The highest BCUT2D eigenvalue weighted by Gasteiger charge is 2.24. The van der Waals surface area contributed by atoms with Crippen molar-refractivity contribution in [2.75, 3.05) is 6.61 Å². The second kappa shape index (κ2) is 6.30. The Kier molecular flexibility index (Phi) is 4.43. The van der Waals surface area contributed by atoms with Gasteiger partial charge in [-0.05, 0) is 36.1 Å². The van der Waals surface area contributed by atoms with Gasteiger partial charge >= 0.3 is 0 Å². The predicted molar refractivity (Wildman–Crippen MR) is 87.3 cm³/mol. The highest BCUT2D eigenvalue weighted by Crippen LogP contribution is 2.36. The molecule has 21 heavy (non-hydrogen) atoms. The van der Waals surface area contributed by atoms with Crippen LogP contribution in [0.25, 0.3) is 0 Å². The summed E-state index contributed by atoms with van der Waals surface area (Å²) in [5, 5.41) is 10.6. The van der Waals surface area contributed by atoms with E-state index in [-0.39, 0.29) is 6.10 Å². The van der Waals surface area contributed by atoms with Gasteiger partial charge in [0.05, 0.1) is 18.8 Å². The first kappa shape index (κ1) is 14.8. The normalized spacial score (nSPS) is 19.1. The van der Waals surface area contributed by atoms with Crippen LogP contribution in [-0.4, -0.2) is 11.7 Å². The van der Waals surface area contributed by atoms with E-state index in [9.17, 15) is 5.11 Å². The largest absolute Gasteiger partial charge is 0.388 e. The van der Waals surface area contributed by atoms with E-state index in [1.165, 1.54) is 11.1 Å². The summed E-state index contributed by atoms with van der Waals surface area (Å²) in [6.07, 6.45) is 0.975. The lowest BCUT2D eigenvalue weighted by atomic mass is 9.92. The van der Waals surface area contributed by atoms with Crippen molar-refractivity contribution in [3.05, 3.63) is 69.2 Å². The molecule has 3 rings (SSSR count). The smallest absolute Gasteiger partial charge is 0.0855 e. The molecule has 1 N–H and O–H groups in total. The highest BCUT2D eigenvalue weighted by atomic mass is 79.9. The third kappa shape index (κ3) is 3.20. The van der Waals surface area contributed by atoms with Gasteiger partial charge in [0.2, 0.25) is 0 Å². The number of aryl methyl sites for hydroxylation is 1. The summed E-state index contributed by atoms with van der Waals surface area (Å²) in [5.41, 5.74) is 4.63. The maximum atomic E-state index is 10.6. The third-order valence-electron chi connectivity index (χ3n) is 4.04. The molecule has 1 aliphatic heterocycles. The number of aliphatic hydroxyl groups is 1. The van der Waals surface area contributed by atoms with E-state index in [0.717, 1.165) is 28.6 Å². The van der Waals surface area contributed by atoms with Gasteiger partial charge < -0.3 is 9.84 Å². The van der Waals surface area contributed by atoms with E-state index in [1.807, 2.05) is 31.2 Å². The Morgan fingerprint density at radius 2 is 2.10 bits per heavy atom. The molecule has 0 saturated carbocycles. The summed E-state index contributed by atoms with van der Waals surface area (Å²) in [7, 11) is 0. The predicted octanol–water partition coefficient (Wildman–Crippen LogP) is 4.50. The molecule has 110 valence electrons. The first-order chi connectivity index (χ1) is 10.1. The minimum atomic E-state index is -0.532. The lowest BCUT2D eigenvalue weighted by Crippen LogP contribution is -2.18. The zero-order chi connectivity index (χ0) is 14.8. The van der Waals surface area contributed by atoms with Crippen LogP contribution in [0.4, 0.5) is 0 Å². The van der Waals surface area contributed by atoms with Crippen LogP contribution in [0, 0.1) is 6.92 Å². The third-order valence-corrected chi connectivity index (χ3v) is 4.76. The Bertz CT molecular complexity index is 639. The molecule has 0 fully saturated rings. The molecule has 2 aromatic rings. The summed E-state index contributed by atoms with van der Waals surface area (Å²) in [6, 6.07) is 14.4. The van der Waals surface area contributed by atoms with E-state index in [2.05, 4.69) is 34.1 Å². The van der Waals surface area contributed by atoms with Crippen molar-refractivity contribution in [2.24, 2.45) is 0 Å². The molecule has 2 nitrogen and oxygen atoms in total. The van der Waals surface area contributed by atoms with Gasteiger partial charge in [0, 0.05) is 10.9 Å². The lowest BCUT2D eigenvalue weighted by molar-refractivity contribution is 0.00360. The molecule has 2 unspecified atom stereocenters. The average Bonchev–Trinajstić information content (AvgIpc) is 2.50. The van der Waals surface area contributed by atoms with Crippen molar-refractivity contribution >= 4 is 15.9 Å². The van der Waals surface area contributed by atoms with E-state index >= 15 is 0 Å². The van der Waals surface area contributed by atoms with Gasteiger partial charge in [-0.1, -0.05) is 57.9 Å². The van der Waals surface area contributed by atoms with Crippen molar-refractivity contribution in [1.29, 1.82) is 0 Å². The minimum absolute atomic E-state index is 0.0302. The van der Waals surface area contributed by atoms with Crippen LogP contribution in [0.3, 0.4) is 0 Å². The number of aliphatic hydroxyl groups excluding tert-OH is 1. The fraction of sp³-hybridized carbons (Fsp3) is 0.333. The van der Waals surface area contributed by atoms with Crippen LogP contribution < -0.4 is 0 Å². The van der Waals surface area contributed by atoms with Crippen LogP contribution in [0.5, 0.6) is 0 Å². The molecule has 2 atom stereocenters. The molecule has 2 aromatic carbocycles. The van der Waals surface area contributed by atoms with Crippen molar-refractivity contribution in [3.8, 4) is 0 Å². The van der Waals surface area contributed by atoms with Crippen molar-refractivity contribution in [2.45, 2.75) is 32.0 Å². The van der Waals surface area contributed by atoms with E-state index in [1.54, 1.807) is 0 Å². The van der Waals surface area contributed by atoms with Gasteiger partial charge in [-0.2, -0.15) is 0 Å². The second-order valence-electron chi connectivity index (χ2n) is 5.58. The maximum absolute atomic E-state index is 10.6. The standard InChI is InChI=1S/C18H19BrO2/c1-12-6-7-16(19)15(10-12)17(20)11-18-14-5-3-2-4-13(14)8-9-21-18/h2-7,10,17-18,20H,8-9,11H2,1H3. The fourth-order valence-corrected chi connectivity index (χ4v) is 3.43. The number of fused-ring (bicyclic) bond motifs is 1. The number of benzene rings is 2. The quantitative estimate of drug-likeness (QED) is 0.886. The Morgan fingerprint density at radius 3 is 2.95 bits per heavy atom. The van der Waals surface area contributed by atoms with Gasteiger partial charge in [-0.15, -0.1) is 0 Å². The molecule has 0 aromatic heterocycles. The van der Waals surface area contributed by atoms with E-state index < -0.39 is 6.10 Å². The number of halogens is 1. The molecule has 1 heterocycles. The second-order valence-corrected chi connectivity index (χ2v) is 6.44. The molecule has 0 aliphatic carbocycles. The zero-order valence-corrected chi connectivity index (χ0v) is 13.6. The van der Waals surface area contributed by atoms with Gasteiger partial charge in [0.25, 0.3) is 0 Å². The summed E-state index contributed by atoms with van der Waals surface area (Å²) in [5.74, 6) is 0. The summed E-state index contributed by atoms with van der Waals surface area (Å²) >= 11 is 3.53. The number of hydrogen-bond donors (Lipinski definition) is 1. The Labute approximate surface area is 133 Å². The highest BCUT2D eigenvalue weighted by molar-refractivity contribution is 9.10. The van der Waals surface area contributed by atoms with Crippen LogP contribution in [0.15, 0.2) is 46.9 Å². The molecule has 3 heteroatoms. The van der Waals surface area contributed by atoms with Crippen LogP contribution in [-0.2, 0) is 11.2 Å². The fourth-order valence-electron chi connectivity index (χ4n) is 2.92. The van der Waals surface area contributed by atoms with Crippen LogP contribution in [0.2, 0.25) is 0 Å². The van der Waals surface area contributed by atoms with Crippen molar-refractivity contribution < 1.29 is 9.84 Å². The molecular formula is C18H19BrO2. The molecular weight excluding hydrogens is 328 g/mol. The summed E-state index contributed by atoms with van der Waals surface area (Å²) in [4.78, 5) is 0. The van der Waals surface area contributed by atoms with Gasteiger partial charge in [0.15, 0.2) is 0 Å². The SMILES string of the molecule is Cc1ccc(Br)c(C(O)CC2OCCc3ccccc32)c1. The van der Waals surface area contributed by atoms with Crippen molar-refractivity contribution in [3.63, 3.8) is 0 Å². The summed E-state index contributed by atoms with van der Waals surface area (Å²) < 4.78 is 6.84. The van der Waals surface area contributed by atoms with E-state index in [4.69, 9.17) is 4.74 Å². The molecule has 0 saturated heterocycles. The zero-order valence-electron chi connectivity index (χ0n) is 12.1. The Balaban J connectivity index is 1.82. The van der Waals surface area contributed by atoms with E-state index in [0.29, 0.717) is 6.42 Å². The molecule has 0 amide bonds. The number of hydrogen-bond acceptors (Lipinski definition) is 2. The van der Waals surface area contributed by atoms with Gasteiger partial charge in [-0.25, -0.2) is 0 Å². The number of rotatable bonds is 3.